The summed E-state index contributed by atoms with van der Waals surface area (Å²) in [6, 6.07) is 6.64. The van der Waals surface area contributed by atoms with Crippen LogP contribution in [0.1, 0.15) is 58.6 Å². The summed E-state index contributed by atoms with van der Waals surface area (Å²) in [5.41, 5.74) is 0.782. The highest BCUT2D eigenvalue weighted by molar-refractivity contribution is 7.88. The number of alkyl halides is 3. The number of amides is 2. The van der Waals surface area contributed by atoms with Gasteiger partial charge in [-0.15, -0.1) is 0 Å². The Morgan fingerprint density at radius 2 is 1.90 bits per heavy atom. The number of aromatic nitrogens is 2. The number of nitrogens with one attached hydrogen (secondary N) is 1. The second-order valence-electron chi connectivity index (χ2n) is 12.7. The van der Waals surface area contributed by atoms with E-state index < -0.39 is 40.3 Å². The Hall–Kier alpha value is -3.73. The monoisotopic (exact) mass is 692 g/mol. The lowest BCUT2D eigenvalue weighted by Crippen LogP contribution is -2.47. The maximum absolute atomic E-state index is 14.0. The Balaban J connectivity index is 1.24. The van der Waals surface area contributed by atoms with Crippen molar-refractivity contribution in [2.24, 2.45) is 0 Å². The van der Waals surface area contributed by atoms with Gasteiger partial charge in [0.05, 0.1) is 36.4 Å². The molecular formula is C32H39F3N6O6S. The summed E-state index contributed by atoms with van der Waals surface area (Å²) in [5, 5.41) is 18.4. The van der Waals surface area contributed by atoms with E-state index in [1.54, 1.807) is 4.68 Å². The van der Waals surface area contributed by atoms with Crippen LogP contribution in [0.15, 0.2) is 41.0 Å². The van der Waals surface area contributed by atoms with Gasteiger partial charge in [-0.05, 0) is 49.1 Å². The van der Waals surface area contributed by atoms with E-state index in [4.69, 9.17) is 9.52 Å². The highest BCUT2D eigenvalue weighted by Gasteiger charge is 2.36. The molecule has 2 aromatic heterocycles. The Morgan fingerprint density at radius 1 is 1.12 bits per heavy atom. The number of likely N-dealkylation sites (tertiary alicyclic amines) is 2. The summed E-state index contributed by atoms with van der Waals surface area (Å²) in [6.07, 6.45) is 0.347. The molecule has 260 valence electrons. The second kappa shape index (κ2) is 13.6. The van der Waals surface area contributed by atoms with Gasteiger partial charge in [-0.2, -0.15) is 22.6 Å². The SMILES string of the molecule is CS(=O)(=O)N1CCc2c(c(-c3ccc(C(F)(F)F)c(CNC(=O)c4ccco4)c3)nn2CC(O)CN2CCC(N3CCCC3=O)CC2)C1. The van der Waals surface area contributed by atoms with Crippen molar-refractivity contribution in [1.82, 2.24) is 29.2 Å². The number of carbonyl (C=O) groups excluding carboxylic acids is 2. The molecular weight excluding hydrogens is 653 g/mol. The number of piperidine rings is 1. The van der Waals surface area contributed by atoms with Gasteiger partial charge in [-0.25, -0.2) is 8.42 Å². The van der Waals surface area contributed by atoms with Crippen LogP contribution in [0.25, 0.3) is 11.3 Å². The van der Waals surface area contributed by atoms with Gasteiger partial charge in [-0.1, -0.05) is 6.07 Å². The number of hydrogen-bond acceptors (Lipinski definition) is 8. The van der Waals surface area contributed by atoms with E-state index >= 15 is 0 Å². The van der Waals surface area contributed by atoms with Crippen molar-refractivity contribution in [3.63, 3.8) is 0 Å². The number of aliphatic hydroxyl groups is 1. The average Bonchev–Trinajstić information content (AvgIpc) is 3.80. The molecule has 3 aliphatic rings. The number of aliphatic hydroxyl groups excluding tert-OH is 1. The minimum absolute atomic E-state index is 0.0199. The van der Waals surface area contributed by atoms with Crippen molar-refractivity contribution < 1.29 is 40.7 Å². The maximum Gasteiger partial charge on any atom is 0.416 e. The summed E-state index contributed by atoms with van der Waals surface area (Å²) >= 11 is 0. The molecule has 6 rings (SSSR count). The Kier molecular flexibility index (Phi) is 9.71. The standard InChI is InChI=1S/C32H39F3N6O6S/c1-48(45,46)39-14-10-27-25(20-39)30(21-6-7-26(32(33,34)35)22(16-21)17-36-31(44)28-4-3-15-47-28)37-41(27)19-24(42)18-38-12-8-23(9-13-38)40-11-2-5-29(40)43/h3-4,6-7,15-16,23-24,42H,2,5,8-14,17-20H2,1H3,(H,36,44). The molecule has 2 N–H and O–H groups in total. The number of furan rings is 1. The molecule has 2 saturated heterocycles. The van der Waals surface area contributed by atoms with E-state index in [1.165, 1.54) is 34.8 Å². The van der Waals surface area contributed by atoms with E-state index in [-0.39, 0.29) is 42.9 Å². The first-order valence-electron chi connectivity index (χ1n) is 16.0. The van der Waals surface area contributed by atoms with Crippen molar-refractivity contribution in [1.29, 1.82) is 0 Å². The van der Waals surface area contributed by atoms with E-state index in [2.05, 4.69) is 10.2 Å². The van der Waals surface area contributed by atoms with Crippen LogP contribution < -0.4 is 5.32 Å². The van der Waals surface area contributed by atoms with Crippen LogP contribution in [0.4, 0.5) is 13.2 Å². The third-order valence-electron chi connectivity index (χ3n) is 9.40. The first-order valence-corrected chi connectivity index (χ1v) is 17.9. The van der Waals surface area contributed by atoms with Gasteiger partial charge in [0.1, 0.15) is 0 Å². The first kappa shape index (κ1) is 34.1. The summed E-state index contributed by atoms with van der Waals surface area (Å²) in [5.74, 6) is -0.509. The minimum atomic E-state index is -4.70. The number of benzene rings is 1. The van der Waals surface area contributed by atoms with Gasteiger partial charge < -0.3 is 24.6 Å². The molecule has 0 radical (unpaired) electrons. The number of fused-ring (bicyclic) bond motifs is 1. The molecule has 2 amide bonds. The van der Waals surface area contributed by atoms with Crippen LogP contribution in [0, 0.1) is 0 Å². The van der Waals surface area contributed by atoms with Gasteiger partial charge in [0, 0.05) is 81.5 Å². The Labute approximate surface area is 276 Å². The summed E-state index contributed by atoms with van der Waals surface area (Å²) in [4.78, 5) is 28.8. The lowest BCUT2D eigenvalue weighted by Gasteiger charge is -2.37. The van der Waals surface area contributed by atoms with E-state index in [1.807, 2.05) is 4.90 Å². The Morgan fingerprint density at radius 3 is 2.54 bits per heavy atom. The fourth-order valence-corrected chi connectivity index (χ4v) is 7.78. The quantitative estimate of drug-likeness (QED) is 0.331. The molecule has 0 aliphatic carbocycles. The predicted molar refractivity (Wildman–Crippen MR) is 168 cm³/mol. The van der Waals surface area contributed by atoms with Gasteiger partial charge >= 0.3 is 6.18 Å². The number of carbonyl (C=O) groups is 2. The van der Waals surface area contributed by atoms with Gasteiger partial charge in [0.25, 0.3) is 5.91 Å². The minimum Gasteiger partial charge on any atom is -0.459 e. The molecule has 16 heteroatoms. The van der Waals surface area contributed by atoms with Crippen molar-refractivity contribution in [2.75, 3.05) is 39.0 Å². The maximum atomic E-state index is 14.0. The van der Waals surface area contributed by atoms with Crippen LogP contribution in [-0.4, -0.2) is 100 Å². The highest BCUT2D eigenvalue weighted by Crippen LogP contribution is 2.37. The van der Waals surface area contributed by atoms with Gasteiger partial charge in [-0.3, -0.25) is 14.3 Å². The predicted octanol–water partition coefficient (Wildman–Crippen LogP) is 2.86. The van der Waals surface area contributed by atoms with Crippen LogP contribution in [0.5, 0.6) is 0 Å². The lowest BCUT2D eigenvalue weighted by atomic mass is 9.97. The normalized spacial score (nSPS) is 19.1. The van der Waals surface area contributed by atoms with E-state index in [0.717, 1.165) is 51.2 Å². The molecule has 1 atom stereocenters. The molecule has 0 saturated carbocycles. The largest absolute Gasteiger partial charge is 0.459 e. The fraction of sp³-hybridized carbons (Fsp3) is 0.531. The number of halogens is 3. The lowest BCUT2D eigenvalue weighted by molar-refractivity contribution is -0.138. The molecule has 1 aromatic carbocycles. The zero-order valence-corrected chi connectivity index (χ0v) is 27.4. The number of rotatable bonds is 10. The first-order chi connectivity index (χ1) is 22.8. The number of hydrogen-bond donors (Lipinski definition) is 2. The number of nitrogens with zero attached hydrogens (tertiary/aromatic N) is 5. The molecule has 0 spiro atoms. The van der Waals surface area contributed by atoms with Crippen LogP contribution in [-0.2, 0) is 47.0 Å². The van der Waals surface area contributed by atoms with Crippen molar-refractivity contribution in [3.8, 4) is 11.3 Å². The number of sulfonamides is 1. The molecule has 3 aromatic rings. The zero-order chi connectivity index (χ0) is 34.2. The molecule has 3 aliphatic heterocycles. The van der Waals surface area contributed by atoms with Gasteiger partial charge in [0.15, 0.2) is 5.76 Å². The van der Waals surface area contributed by atoms with Crippen LogP contribution in [0.2, 0.25) is 0 Å². The third-order valence-corrected chi connectivity index (χ3v) is 10.6. The van der Waals surface area contributed by atoms with Crippen molar-refractivity contribution in [3.05, 3.63) is 64.7 Å². The average molecular weight is 693 g/mol. The Bertz CT molecular complexity index is 1750. The molecule has 5 heterocycles. The molecule has 48 heavy (non-hydrogen) atoms. The van der Waals surface area contributed by atoms with Gasteiger partial charge in [0.2, 0.25) is 15.9 Å². The van der Waals surface area contributed by atoms with Crippen LogP contribution >= 0.6 is 0 Å². The topological polar surface area (TPSA) is 141 Å². The number of β-amino-alcohol motifs (C(OH)–C–C–N with tert-alkyl or cyclic N) is 1. The van der Waals surface area contributed by atoms with Crippen molar-refractivity contribution >= 4 is 21.8 Å². The third kappa shape index (κ3) is 7.46. The van der Waals surface area contributed by atoms with Crippen molar-refractivity contribution in [2.45, 2.75) is 70.1 Å². The molecule has 2 fully saturated rings. The summed E-state index contributed by atoms with van der Waals surface area (Å²) < 4.78 is 75.0. The smallest absolute Gasteiger partial charge is 0.416 e. The molecule has 1 unspecified atom stereocenters. The fourth-order valence-electron chi connectivity index (χ4n) is 6.99. The summed E-state index contributed by atoms with van der Waals surface area (Å²) in [7, 11) is -3.58. The van der Waals surface area contributed by atoms with Crippen LogP contribution in [0.3, 0.4) is 0 Å². The zero-order valence-electron chi connectivity index (χ0n) is 26.6. The highest BCUT2D eigenvalue weighted by atomic mass is 32.2. The molecule has 12 nitrogen and oxygen atoms in total. The molecule has 0 bridgehead atoms. The van der Waals surface area contributed by atoms with E-state index in [0.29, 0.717) is 41.9 Å². The summed E-state index contributed by atoms with van der Waals surface area (Å²) in [6.45, 7) is 2.50. The van der Waals surface area contributed by atoms with E-state index in [9.17, 15) is 36.3 Å². The second-order valence-corrected chi connectivity index (χ2v) is 14.7.